The Morgan fingerprint density at radius 3 is 2.10 bits per heavy atom. The van der Waals surface area contributed by atoms with Gasteiger partial charge in [-0.15, -0.1) is 0 Å². The lowest BCUT2D eigenvalue weighted by molar-refractivity contribution is -0.143. The summed E-state index contributed by atoms with van der Waals surface area (Å²) < 4.78 is 10.3. The molecular weight excluding hydrogens is 374 g/mol. The Bertz CT molecular complexity index is 757. The van der Waals surface area contributed by atoms with Crippen LogP contribution in [0.15, 0.2) is 24.3 Å². The molecule has 1 aromatic rings. The standard InChI is InChI=1S/C21H31N3O5/c1-14(2)11-17(18(25)28-6)22-19(26)23-12-15-9-7-8-10-16(15)13-24(23)20(27)29-21(3,4)5/h7-10,14,17H,11-13H2,1-6H3,(H,22,26)/t17-/m0/s1. The summed E-state index contributed by atoms with van der Waals surface area (Å²) in [5, 5.41) is 5.27. The average Bonchev–Trinajstić information content (AvgIpc) is 2.63. The number of rotatable bonds is 4. The van der Waals surface area contributed by atoms with Gasteiger partial charge in [0.2, 0.25) is 0 Å². The number of hydrazine groups is 1. The summed E-state index contributed by atoms with van der Waals surface area (Å²) in [4.78, 5) is 37.9. The van der Waals surface area contributed by atoms with E-state index >= 15 is 0 Å². The molecule has 0 spiro atoms. The summed E-state index contributed by atoms with van der Waals surface area (Å²) in [6.07, 6.45) is -0.199. The minimum Gasteiger partial charge on any atom is -0.467 e. The minimum atomic E-state index is -0.801. The fourth-order valence-electron chi connectivity index (χ4n) is 3.07. The Balaban J connectivity index is 2.28. The Morgan fingerprint density at radius 2 is 1.62 bits per heavy atom. The highest BCUT2D eigenvalue weighted by molar-refractivity contribution is 5.84. The molecule has 0 saturated carbocycles. The zero-order valence-electron chi connectivity index (χ0n) is 18.0. The first-order chi connectivity index (χ1) is 13.5. The van der Waals surface area contributed by atoms with E-state index in [9.17, 15) is 14.4 Å². The number of urea groups is 1. The molecule has 0 radical (unpaired) electrons. The molecule has 2 rings (SSSR count). The molecule has 1 N–H and O–H groups in total. The Hall–Kier alpha value is -2.77. The number of hydrogen-bond donors (Lipinski definition) is 1. The molecular formula is C21H31N3O5. The first-order valence-electron chi connectivity index (χ1n) is 9.75. The monoisotopic (exact) mass is 405 g/mol. The molecule has 0 aromatic heterocycles. The van der Waals surface area contributed by atoms with Crippen LogP contribution >= 0.6 is 0 Å². The van der Waals surface area contributed by atoms with Gasteiger partial charge in [-0.1, -0.05) is 38.1 Å². The van der Waals surface area contributed by atoms with E-state index in [2.05, 4.69) is 5.32 Å². The number of benzene rings is 1. The summed E-state index contributed by atoms with van der Waals surface area (Å²) in [6, 6.07) is 6.24. The predicted molar refractivity (Wildman–Crippen MR) is 108 cm³/mol. The van der Waals surface area contributed by atoms with E-state index < -0.39 is 29.7 Å². The maximum absolute atomic E-state index is 13.1. The molecule has 160 valence electrons. The molecule has 1 aliphatic rings. The summed E-state index contributed by atoms with van der Waals surface area (Å²) in [6.45, 7) is 9.59. The molecule has 3 amide bonds. The van der Waals surface area contributed by atoms with Crippen molar-refractivity contribution in [1.29, 1.82) is 0 Å². The van der Waals surface area contributed by atoms with Gasteiger partial charge in [0.05, 0.1) is 20.2 Å². The van der Waals surface area contributed by atoms with Crippen molar-refractivity contribution in [3.63, 3.8) is 0 Å². The second-order valence-corrected chi connectivity index (χ2v) is 8.52. The van der Waals surface area contributed by atoms with Crippen LogP contribution in [0.2, 0.25) is 0 Å². The molecule has 8 heteroatoms. The number of nitrogens with one attached hydrogen (secondary N) is 1. The van der Waals surface area contributed by atoms with E-state index in [0.29, 0.717) is 6.42 Å². The second-order valence-electron chi connectivity index (χ2n) is 8.52. The Labute approximate surface area is 172 Å². The lowest BCUT2D eigenvalue weighted by atomic mass is 10.0. The van der Waals surface area contributed by atoms with E-state index in [1.807, 2.05) is 38.1 Å². The van der Waals surface area contributed by atoms with Gasteiger partial charge < -0.3 is 14.8 Å². The molecule has 0 saturated heterocycles. The van der Waals surface area contributed by atoms with E-state index in [1.165, 1.54) is 17.1 Å². The van der Waals surface area contributed by atoms with Crippen LogP contribution in [-0.4, -0.2) is 46.9 Å². The summed E-state index contributed by atoms with van der Waals surface area (Å²) >= 11 is 0. The molecule has 0 bridgehead atoms. The SMILES string of the molecule is COC(=O)[C@H](CC(C)C)NC(=O)N1Cc2ccccc2CN1C(=O)OC(C)(C)C. The predicted octanol–water partition coefficient (Wildman–Crippen LogP) is 3.45. The number of carbonyl (C=O) groups excluding carboxylic acids is 3. The van der Waals surface area contributed by atoms with E-state index in [-0.39, 0.29) is 19.0 Å². The molecule has 8 nitrogen and oxygen atoms in total. The molecule has 0 fully saturated rings. The maximum atomic E-state index is 13.1. The fourth-order valence-corrected chi connectivity index (χ4v) is 3.07. The van der Waals surface area contributed by atoms with Gasteiger partial charge in [-0.2, -0.15) is 0 Å². The number of methoxy groups -OCH3 is 1. The van der Waals surface area contributed by atoms with Crippen molar-refractivity contribution < 1.29 is 23.9 Å². The molecule has 1 heterocycles. The van der Waals surface area contributed by atoms with E-state index in [0.717, 1.165) is 11.1 Å². The van der Waals surface area contributed by atoms with Crippen LogP contribution in [0, 0.1) is 5.92 Å². The number of esters is 1. The normalized spacial score (nSPS) is 14.9. The Morgan fingerprint density at radius 1 is 1.07 bits per heavy atom. The third kappa shape index (κ3) is 6.10. The lowest BCUT2D eigenvalue weighted by Gasteiger charge is -2.40. The van der Waals surface area contributed by atoms with Crippen LogP contribution < -0.4 is 5.32 Å². The summed E-state index contributed by atoms with van der Waals surface area (Å²) in [7, 11) is 1.28. The number of amides is 3. The van der Waals surface area contributed by atoms with Crippen molar-refractivity contribution >= 4 is 18.1 Å². The van der Waals surface area contributed by atoms with Crippen LogP contribution in [0.5, 0.6) is 0 Å². The number of carbonyl (C=O) groups is 3. The molecule has 1 atom stereocenters. The highest BCUT2D eigenvalue weighted by atomic mass is 16.6. The maximum Gasteiger partial charge on any atom is 0.429 e. The van der Waals surface area contributed by atoms with Gasteiger partial charge in [0.15, 0.2) is 0 Å². The zero-order chi connectivity index (χ0) is 21.8. The van der Waals surface area contributed by atoms with Crippen molar-refractivity contribution in [2.75, 3.05) is 7.11 Å². The molecule has 1 aliphatic heterocycles. The number of hydrogen-bond acceptors (Lipinski definition) is 5. The first-order valence-corrected chi connectivity index (χ1v) is 9.75. The van der Waals surface area contributed by atoms with E-state index in [1.54, 1.807) is 20.8 Å². The topological polar surface area (TPSA) is 88.2 Å². The third-order valence-electron chi connectivity index (χ3n) is 4.38. The van der Waals surface area contributed by atoms with Gasteiger partial charge in [-0.25, -0.2) is 24.4 Å². The van der Waals surface area contributed by atoms with Crippen LogP contribution in [0.25, 0.3) is 0 Å². The van der Waals surface area contributed by atoms with Crippen molar-refractivity contribution in [3.05, 3.63) is 35.4 Å². The van der Waals surface area contributed by atoms with Gasteiger partial charge in [-0.3, -0.25) is 0 Å². The summed E-state index contributed by atoms with van der Waals surface area (Å²) in [5.41, 5.74) is 1.16. The van der Waals surface area contributed by atoms with Crippen molar-refractivity contribution in [1.82, 2.24) is 15.3 Å². The summed E-state index contributed by atoms with van der Waals surface area (Å²) in [5.74, 6) is -0.350. The van der Waals surface area contributed by atoms with Gasteiger partial charge in [0, 0.05) is 0 Å². The Kier molecular flexibility index (Phi) is 7.11. The quantitative estimate of drug-likeness (QED) is 0.775. The third-order valence-corrected chi connectivity index (χ3v) is 4.38. The van der Waals surface area contributed by atoms with Crippen LogP contribution in [0.1, 0.15) is 52.2 Å². The molecule has 1 aromatic carbocycles. The zero-order valence-corrected chi connectivity index (χ0v) is 18.0. The minimum absolute atomic E-state index is 0.170. The lowest BCUT2D eigenvalue weighted by Crippen LogP contribution is -2.58. The highest BCUT2D eigenvalue weighted by Gasteiger charge is 2.36. The van der Waals surface area contributed by atoms with Crippen LogP contribution in [-0.2, 0) is 27.4 Å². The largest absolute Gasteiger partial charge is 0.467 e. The van der Waals surface area contributed by atoms with Gasteiger partial charge in [0.1, 0.15) is 11.6 Å². The van der Waals surface area contributed by atoms with Crippen LogP contribution in [0.3, 0.4) is 0 Å². The highest BCUT2D eigenvalue weighted by Crippen LogP contribution is 2.25. The van der Waals surface area contributed by atoms with E-state index in [4.69, 9.17) is 9.47 Å². The van der Waals surface area contributed by atoms with Gasteiger partial charge in [-0.05, 0) is 44.2 Å². The number of nitrogens with zero attached hydrogens (tertiary/aromatic N) is 2. The van der Waals surface area contributed by atoms with Crippen molar-refractivity contribution in [3.8, 4) is 0 Å². The van der Waals surface area contributed by atoms with Crippen LogP contribution in [0.4, 0.5) is 9.59 Å². The number of fused-ring (bicyclic) bond motifs is 1. The second kappa shape index (κ2) is 9.15. The smallest absolute Gasteiger partial charge is 0.429 e. The van der Waals surface area contributed by atoms with Crippen molar-refractivity contribution in [2.45, 2.75) is 65.8 Å². The van der Waals surface area contributed by atoms with Gasteiger partial charge in [0.25, 0.3) is 0 Å². The first kappa shape index (κ1) is 22.5. The van der Waals surface area contributed by atoms with Crippen molar-refractivity contribution in [2.24, 2.45) is 5.92 Å². The molecule has 29 heavy (non-hydrogen) atoms. The fraction of sp³-hybridized carbons (Fsp3) is 0.571. The molecule has 0 aliphatic carbocycles. The van der Waals surface area contributed by atoms with Gasteiger partial charge >= 0.3 is 18.1 Å². The number of ether oxygens (including phenoxy) is 2. The molecule has 0 unspecified atom stereocenters. The average molecular weight is 405 g/mol.